The summed E-state index contributed by atoms with van der Waals surface area (Å²) in [5.74, 6) is 0. The Labute approximate surface area is 157 Å². The highest BCUT2D eigenvalue weighted by molar-refractivity contribution is 9.10. The molecule has 0 atom stereocenters. The number of sulfone groups is 1. The van der Waals surface area contributed by atoms with Crippen molar-refractivity contribution >= 4 is 25.8 Å². The van der Waals surface area contributed by atoms with Gasteiger partial charge in [-0.05, 0) is 60.9 Å². The van der Waals surface area contributed by atoms with Crippen molar-refractivity contribution in [2.24, 2.45) is 0 Å². The summed E-state index contributed by atoms with van der Waals surface area (Å²) in [6, 6.07) is 17.5. The zero-order chi connectivity index (χ0) is 18.2. The maximum absolute atomic E-state index is 11.9. The lowest BCUT2D eigenvalue weighted by molar-refractivity contribution is 0.602. The molecule has 0 aliphatic rings. The van der Waals surface area contributed by atoms with Crippen LogP contribution < -0.4 is 0 Å². The van der Waals surface area contributed by atoms with Gasteiger partial charge in [0.1, 0.15) is 0 Å². The highest BCUT2D eigenvalue weighted by Gasteiger charge is 2.16. The Balaban J connectivity index is 2.25. The molecule has 0 saturated carbocycles. The molecule has 0 aliphatic heterocycles. The number of aromatic nitrogens is 1. The smallest absolute Gasteiger partial charge is 0.175 e. The molecule has 0 saturated heterocycles. The zero-order valence-corrected chi connectivity index (χ0v) is 16.9. The van der Waals surface area contributed by atoms with Gasteiger partial charge in [-0.2, -0.15) is 0 Å². The number of nitrogens with zero attached hydrogens (tertiary/aromatic N) is 1. The minimum absolute atomic E-state index is 0.331. The fourth-order valence-corrected chi connectivity index (χ4v) is 3.96. The van der Waals surface area contributed by atoms with E-state index in [0.717, 1.165) is 33.5 Å². The molecular formula is C20H20BrNO2S. The molecule has 0 fully saturated rings. The molecule has 0 spiro atoms. The van der Waals surface area contributed by atoms with Crippen LogP contribution in [0.5, 0.6) is 0 Å². The van der Waals surface area contributed by atoms with Crippen molar-refractivity contribution in [3.8, 4) is 16.9 Å². The van der Waals surface area contributed by atoms with E-state index in [0.29, 0.717) is 4.90 Å². The van der Waals surface area contributed by atoms with E-state index in [1.807, 2.05) is 18.2 Å². The van der Waals surface area contributed by atoms with Gasteiger partial charge in [-0.15, -0.1) is 0 Å². The van der Waals surface area contributed by atoms with Crippen LogP contribution in [0.2, 0.25) is 0 Å². The van der Waals surface area contributed by atoms with Gasteiger partial charge < -0.3 is 4.57 Å². The standard InChI is InChI=1S/C20H20BrNO2S/c1-4-15-12-20(16-8-10-17(21)11-9-16)22(14(15)2)18-6-5-7-19(13-18)25(3,23)24/h5-13H,4H2,1-3H3. The van der Waals surface area contributed by atoms with Crippen LogP contribution >= 0.6 is 15.9 Å². The first-order valence-electron chi connectivity index (χ1n) is 8.09. The number of hydrogen-bond donors (Lipinski definition) is 0. The Hall–Kier alpha value is -1.85. The largest absolute Gasteiger partial charge is 0.314 e. The maximum atomic E-state index is 11.9. The van der Waals surface area contributed by atoms with Gasteiger partial charge in [0.25, 0.3) is 0 Å². The molecule has 2 aromatic carbocycles. The van der Waals surface area contributed by atoms with E-state index in [1.54, 1.807) is 18.2 Å². The Morgan fingerprint density at radius 1 is 1.04 bits per heavy atom. The normalized spacial score (nSPS) is 11.7. The van der Waals surface area contributed by atoms with Gasteiger partial charge in [0, 0.05) is 22.1 Å². The van der Waals surface area contributed by atoms with E-state index in [2.05, 4.69) is 52.5 Å². The number of halogens is 1. The van der Waals surface area contributed by atoms with Gasteiger partial charge >= 0.3 is 0 Å². The van der Waals surface area contributed by atoms with Gasteiger partial charge in [-0.1, -0.05) is 41.1 Å². The first kappa shape index (κ1) is 18.0. The molecule has 1 heterocycles. The molecule has 0 radical (unpaired) electrons. The molecule has 130 valence electrons. The lowest BCUT2D eigenvalue weighted by Crippen LogP contribution is -2.03. The van der Waals surface area contributed by atoms with E-state index < -0.39 is 9.84 Å². The number of aryl methyl sites for hydroxylation is 1. The Morgan fingerprint density at radius 2 is 1.72 bits per heavy atom. The Morgan fingerprint density at radius 3 is 2.32 bits per heavy atom. The van der Waals surface area contributed by atoms with Crippen molar-refractivity contribution in [2.45, 2.75) is 25.2 Å². The third-order valence-electron chi connectivity index (χ3n) is 4.38. The van der Waals surface area contributed by atoms with E-state index in [-0.39, 0.29) is 0 Å². The summed E-state index contributed by atoms with van der Waals surface area (Å²) in [6.45, 7) is 4.21. The SMILES string of the molecule is CCc1cc(-c2ccc(Br)cc2)n(-c2cccc(S(C)(=O)=O)c2)c1C. The summed E-state index contributed by atoms with van der Waals surface area (Å²) in [7, 11) is -3.25. The quantitative estimate of drug-likeness (QED) is 0.586. The first-order chi connectivity index (χ1) is 11.8. The summed E-state index contributed by atoms with van der Waals surface area (Å²) in [5.41, 5.74) is 5.40. The van der Waals surface area contributed by atoms with Crippen molar-refractivity contribution in [3.05, 3.63) is 70.3 Å². The lowest BCUT2D eigenvalue weighted by Gasteiger charge is -2.13. The van der Waals surface area contributed by atoms with Crippen molar-refractivity contribution in [1.82, 2.24) is 4.57 Å². The van der Waals surface area contributed by atoms with Gasteiger partial charge in [0.2, 0.25) is 0 Å². The third-order valence-corrected chi connectivity index (χ3v) is 6.02. The number of rotatable bonds is 4. The van der Waals surface area contributed by atoms with Crippen LogP contribution in [-0.2, 0) is 16.3 Å². The van der Waals surface area contributed by atoms with Crippen LogP contribution in [0, 0.1) is 6.92 Å². The molecule has 3 aromatic rings. The molecule has 3 rings (SSSR count). The highest BCUT2D eigenvalue weighted by Crippen LogP contribution is 2.31. The maximum Gasteiger partial charge on any atom is 0.175 e. The van der Waals surface area contributed by atoms with Crippen LogP contribution in [0.15, 0.2) is 64.0 Å². The molecule has 1 aromatic heterocycles. The molecule has 0 aliphatic carbocycles. The second-order valence-corrected chi connectivity index (χ2v) is 9.04. The number of benzene rings is 2. The first-order valence-corrected chi connectivity index (χ1v) is 10.8. The van der Waals surface area contributed by atoms with Crippen molar-refractivity contribution in [2.75, 3.05) is 6.26 Å². The average Bonchev–Trinajstić information content (AvgIpc) is 2.91. The minimum atomic E-state index is -3.25. The van der Waals surface area contributed by atoms with Gasteiger partial charge in [-0.25, -0.2) is 8.42 Å². The van der Waals surface area contributed by atoms with Crippen molar-refractivity contribution in [1.29, 1.82) is 0 Å². The monoisotopic (exact) mass is 417 g/mol. The van der Waals surface area contributed by atoms with Crippen molar-refractivity contribution < 1.29 is 8.42 Å². The second-order valence-electron chi connectivity index (χ2n) is 6.11. The van der Waals surface area contributed by atoms with Gasteiger partial charge in [0.15, 0.2) is 9.84 Å². The summed E-state index contributed by atoms with van der Waals surface area (Å²) >= 11 is 3.47. The molecule has 3 nitrogen and oxygen atoms in total. The molecule has 0 unspecified atom stereocenters. The zero-order valence-electron chi connectivity index (χ0n) is 14.5. The second kappa shape index (κ2) is 6.81. The lowest BCUT2D eigenvalue weighted by atomic mass is 10.1. The van der Waals surface area contributed by atoms with Crippen molar-refractivity contribution in [3.63, 3.8) is 0 Å². The van der Waals surface area contributed by atoms with Gasteiger partial charge in [0.05, 0.1) is 10.6 Å². The van der Waals surface area contributed by atoms with Crippen LogP contribution in [0.4, 0.5) is 0 Å². The van der Waals surface area contributed by atoms with Crippen LogP contribution in [0.3, 0.4) is 0 Å². The van der Waals surface area contributed by atoms with E-state index in [4.69, 9.17) is 0 Å². The summed E-state index contributed by atoms with van der Waals surface area (Å²) in [4.78, 5) is 0.331. The summed E-state index contributed by atoms with van der Waals surface area (Å²) in [5, 5.41) is 0. The van der Waals surface area contributed by atoms with Crippen LogP contribution in [-0.4, -0.2) is 19.2 Å². The molecular weight excluding hydrogens is 398 g/mol. The number of hydrogen-bond acceptors (Lipinski definition) is 2. The van der Waals surface area contributed by atoms with Crippen LogP contribution in [0.25, 0.3) is 16.9 Å². The van der Waals surface area contributed by atoms with E-state index >= 15 is 0 Å². The van der Waals surface area contributed by atoms with Crippen LogP contribution in [0.1, 0.15) is 18.2 Å². The topological polar surface area (TPSA) is 39.1 Å². The summed E-state index contributed by atoms with van der Waals surface area (Å²) in [6.07, 6.45) is 2.16. The average molecular weight is 418 g/mol. The molecule has 5 heteroatoms. The minimum Gasteiger partial charge on any atom is -0.314 e. The Bertz CT molecular complexity index is 1020. The molecule has 0 amide bonds. The predicted octanol–water partition coefficient (Wildman–Crippen LogP) is 5.18. The molecule has 25 heavy (non-hydrogen) atoms. The predicted molar refractivity (Wildman–Crippen MR) is 106 cm³/mol. The fourth-order valence-electron chi connectivity index (χ4n) is 3.04. The fraction of sp³-hybridized carbons (Fsp3) is 0.200. The van der Waals surface area contributed by atoms with E-state index in [1.165, 1.54) is 11.8 Å². The third kappa shape index (κ3) is 3.58. The molecule has 0 bridgehead atoms. The van der Waals surface area contributed by atoms with Gasteiger partial charge in [-0.3, -0.25) is 0 Å². The highest BCUT2D eigenvalue weighted by atomic mass is 79.9. The Kier molecular flexibility index (Phi) is 4.89. The van der Waals surface area contributed by atoms with E-state index in [9.17, 15) is 8.42 Å². The molecule has 0 N–H and O–H groups in total. The summed E-state index contributed by atoms with van der Waals surface area (Å²) < 4.78 is 27.0.